The van der Waals surface area contributed by atoms with Crippen molar-refractivity contribution in [1.82, 2.24) is 10.1 Å². The van der Waals surface area contributed by atoms with Crippen LogP contribution >= 0.6 is 11.6 Å². The zero-order chi connectivity index (χ0) is 19.0. The lowest BCUT2D eigenvalue weighted by atomic mass is 10.1. The van der Waals surface area contributed by atoms with Crippen molar-refractivity contribution < 1.29 is 18.4 Å². The molecule has 1 amide bonds. The van der Waals surface area contributed by atoms with E-state index >= 15 is 0 Å². The van der Waals surface area contributed by atoms with E-state index in [-0.39, 0.29) is 35.5 Å². The molecule has 2 heterocycles. The molecule has 1 fully saturated rings. The standard InChI is InChI=1S/C19H15ClFN3O3/c1-26-15-8-3-2-5-12(15)19-22-18(23-27-19)11-9-16(25)24(10-11)14-7-4-6-13(20)17(14)21/h2-8,11H,9-10H2,1H3. The van der Waals surface area contributed by atoms with E-state index in [0.717, 1.165) is 0 Å². The average molecular weight is 388 g/mol. The first-order valence-corrected chi connectivity index (χ1v) is 8.67. The highest BCUT2D eigenvalue weighted by molar-refractivity contribution is 6.31. The molecule has 0 bridgehead atoms. The molecule has 4 rings (SSSR count). The van der Waals surface area contributed by atoms with Crippen LogP contribution in [0.4, 0.5) is 10.1 Å². The van der Waals surface area contributed by atoms with Crippen LogP contribution in [0.5, 0.6) is 5.75 Å². The molecule has 1 aromatic heterocycles. The Labute approximate surface area is 159 Å². The number of amides is 1. The highest BCUT2D eigenvalue weighted by Gasteiger charge is 2.36. The van der Waals surface area contributed by atoms with Gasteiger partial charge < -0.3 is 14.2 Å². The molecule has 2 aromatic carbocycles. The van der Waals surface area contributed by atoms with Crippen molar-refractivity contribution in [2.24, 2.45) is 0 Å². The summed E-state index contributed by atoms with van der Waals surface area (Å²) in [5.41, 5.74) is 0.823. The van der Waals surface area contributed by atoms with E-state index in [1.807, 2.05) is 18.2 Å². The monoisotopic (exact) mass is 387 g/mol. The minimum Gasteiger partial charge on any atom is -0.496 e. The molecular weight excluding hydrogens is 373 g/mol. The van der Waals surface area contributed by atoms with Crippen LogP contribution in [0.2, 0.25) is 5.02 Å². The topological polar surface area (TPSA) is 68.5 Å². The molecule has 1 saturated heterocycles. The predicted octanol–water partition coefficient (Wildman–Crippen LogP) is 4.06. The summed E-state index contributed by atoms with van der Waals surface area (Å²) in [7, 11) is 1.56. The van der Waals surface area contributed by atoms with Crippen molar-refractivity contribution in [3.05, 3.63) is 59.1 Å². The van der Waals surface area contributed by atoms with Crippen LogP contribution in [0.15, 0.2) is 47.0 Å². The molecule has 138 valence electrons. The number of methoxy groups -OCH3 is 1. The van der Waals surface area contributed by atoms with Gasteiger partial charge in [0.1, 0.15) is 5.75 Å². The molecule has 0 spiro atoms. The van der Waals surface area contributed by atoms with E-state index in [4.69, 9.17) is 20.9 Å². The summed E-state index contributed by atoms with van der Waals surface area (Å²) in [5.74, 6) is 0.179. The Balaban J connectivity index is 1.60. The van der Waals surface area contributed by atoms with Crippen LogP contribution < -0.4 is 9.64 Å². The molecule has 1 aliphatic heterocycles. The van der Waals surface area contributed by atoms with Gasteiger partial charge in [-0.3, -0.25) is 4.79 Å². The van der Waals surface area contributed by atoms with Crippen LogP contribution in [0, 0.1) is 5.82 Å². The highest BCUT2D eigenvalue weighted by Crippen LogP contribution is 2.35. The molecule has 0 aliphatic carbocycles. The third kappa shape index (κ3) is 3.14. The summed E-state index contributed by atoms with van der Waals surface area (Å²) < 4.78 is 24.9. The summed E-state index contributed by atoms with van der Waals surface area (Å²) in [6.07, 6.45) is 0.164. The van der Waals surface area contributed by atoms with E-state index in [0.29, 0.717) is 23.0 Å². The molecule has 0 radical (unpaired) electrons. The van der Waals surface area contributed by atoms with Crippen LogP contribution in [0.25, 0.3) is 11.5 Å². The highest BCUT2D eigenvalue weighted by atomic mass is 35.5. The Kier molecular flexibility index (Phi) is 4.53. The van der Waals surface area contributed by atoms with Gasteiger partial charge in [-0.2, -0.15) is 4.98 Å². The molecule has 1 aliphatic rings. The molecule has 1 unspecified atom stereocenters. The van der Waals surface area contributed by atoms with Gasteiger partial charge in [-0.1, -0.05) is 35.0 Å². The molecule has 27 heavy (non-hydrogen) atoms. The number of hydrogen-bond acceptors (Lipinski definition) is 5. The number of halogens is 2. The first-order chi connectivity index (χ1) is 13.1. The Hall–Kier alpha value is -2.93. The molecule has 0 saturated carbocycles. The van der Waals surface area contributed by atoms with Gasteiger partial charge in [0.2, 0.25) is 5.91 Å². The third-order valence-electron chi connectivity index (χ3n) is 4.49. The van der Waals surface area contributed by atoms with Gasteiger partial charge in [-0.25, -0.2) is 4.39 Å². The number of ether oxygens (including phenoxy) is 1. The molecule has 1 atom stereocenters. The smallest absolute Gasteiger partial charge is 0.261 e. The number of rotatable bonds is 4. The maximum atomic E-state index is 14.3. The van der Waals surface area contributed by atoms with E-state index in [9.17, 15) is 9.18 Å². The Morgan fingerprint density at radius 3 is 2.89 bits per heavy atom. The number of hydrogen-bond donors (Lipinski definition) is 0. The second kappa shape index (κ2) is 7.00. The number of anilines is 1. The Bertz CT molecular complexity index is 1010. The van der Waals surface area contributed by atoms with E-state index in [2.05, 4.69) is 10.1 Å². The van der Waals surface area contributed by atoms with Gasteiger partial charge in [0.05, 0.1) is 23.4 Å². The minimum atomic E-state index is -0.615. The normalized spacial score (nSPS) is 16.8. The van der Waals surface area contributed by atoms with Gasteiger partial charge in [0.15, 0.2) is 11.6 Å². The molecule has 3 aromatic rings. The summed E-state index contributed by atoms with van der Waals surface area (Å²) >= 11 is 5.83. The van der Waals surface area contributed by atoms with E-state index < -0.39 is 5.82 Å². The van der Waals surface area contributed by atoms with Gasteiger partial charge in [0.25, 0.3) is 5.89 Å². The van der Waals surface area contributed by atoms with Crippen molar-refractivity contribution in [3.63, 3.8) is 0 Å². The predicted molar refractivity (Wildman–Crippen MR) is 97.4 cm³/mol. The van der Waals surface area contributed by atoms with E-state index in [1.54, 1.807) is 19.2 Å². The van der Waals surface area contributed by atoms with Crippen LogP contribution in [-0.2, 0) is 4.79 Å². The van der Waals surface area contributed by atoms with E-state index in [1.165, 1.54) is 17.0 Å². The number of aromatic nitrogens is 2. The number of nitrogens with zero attached hydrogens (tertiary/aromatic N) is 3. The van der Waals surface area contributed by atoms with Gasteiger partial charge in [0, 0.05) is 18.9 Å². The zero-order valence-corrected chi connectivity index (χ0v) is 15.1. The Morgan fingerprint density at radius 1 is 1.26 bits per heavy atom. The van der Waals surface area contributed by atoms with Gasteiger partial charge in [-0.05, 0) is 24.3 Å². The minimum absolute atomic E-state index is 0.0261. The maximum Gasteiger partial charge on any atom is 0.261 e. The fourth-order valence-electron chi connectivity index (χ4n) is 3.15. The second-order valence-corrected chi connectivity index (χ2v) is 6.54. The van der Waals surface area contributed by atoms with Crippen molar-refractivity contribution >= 4 is 23.2 Å². The average Bonchev–Trinajstić information content (AvgIpc) is 3.31. The first-order valence-electron chi connectivity index (χ1n) is 8.30. The number of para-hydroxylation sites is 1. The largest absolute Gasteiger partial charge is 0.496 e. The van der Waals surface area contributed by atoms with Crippen LogP contribution in [0.1, 0.15) is 18.2 Å². The van der Waals surface area contributed by atoms with Gasteiger partial charge >= 0.3 is 0 Å². The van der Waals surface area contributed by atoms with Crippen LogP contribution in [-0.4, -0.2) is 29.7 Å². The fraction of sp³-hybridized carbons (Fsp3) is 0.211. The van der Waals surface area contributed by atoms with Gasteiger partial charge in [-0.15, -0.1) is 0 Å². The number of benzene rings is 2. The second-order valence-electron chi connectivity index (χ2n) is 6.14. The first kappa shape index (κ1) is 17.5. The fourth-order valence-corrected chi connectivity index (χ4v) is 3.32. The summed E-state index contributed by atoms with van der Waals surface area (Å²) in [6.45, 7) is 0.251. The third-order valence-corrected chi connectivity index (χ3v) is 4.78. The molecule has 6 nitrogen and oxygen atoms in total. The number of carbonyl (C=O) groups excluding carboxylic acids is 1. The maximum absolute atomic E-state index is 14.3. The van der Waals surface area contributed by atoms with Crippen molar-refractivity contribution in [3.8, 4) is 17.2 Å². The Morgan fingerprint density at radius 2 is 2.07 bits per heavy atom. The zero-order valence-electron chi connectivity index (χ0n) is 14.4. The molecule has 8 heteroatoms. The lowest BCUT2D eigenvalue weighted by Crippen LogP contribution is -2.25. The lowest BCUT2D eigenvalue weighted by Gasteiger charge is -2.17. The summed E-state index contributed by atoms with van der Waals surface area (Å²) in [4.78, 5) is 18.2. The summed E-state index contributed by atoms with van der Waals surface area (Å²) in [6, 6.07) is 11.9. The van der Waals surface area contributed by atoms with Crippen molar-refractivity contribution in [1.29, 1.82) is 0 Å². The quantitative estimate of drug-likeness (QED) is 0.675. The van der Waals surface area contributed by atoms with Crippen molar-refractivity contribution in [2.75, 3.05) is 18.6 Å². The number of carbonyl (C=O) groups is 1. The SMILES string of the molecule is COc1ccccc1-c1nc(C2CC(=O)N(c3cccc(Cl)c3F)C2)no1. The molecule has 0 N–H and O–H groups in total. The van der Waals surface area contributed by atoms with Crippen LogP contribution in [0.3, 0.4) is 0 Å². The van der Waals surface area contributed by atoms with Crippen molar-refractivity contribution in [2.45, 2.75) is 12.3 Å². The summed E-state index contributed by atoms with van der Waals surface area (Å²) in [5, 5.41) is 3.99. The lowest BCUT2D eigenvalue weighted by molar-refractivity contribution is -0.117. The molecular formula is C19H15ClFN3O3.